The molecule has 0 saturated heterocycles. The Balaban J connectivity index is 2.45. The first-order valence-electron chi connectivity index (χ1n) is 5.82. The monoisotopic (exact) mass is 341 g/mol. The third-order valence-corrected chi connectivity index (χ3v) is 5.19. The molecule has 0 amide bonds. The van der Waals surface area contributed by atoms with Gasteiger partial charge in [0.2, 0.25) is 0 Å². The van der Waals surface area contributed by atoms with Crippen LogP contribution in [0.4, 0.5) is 5.69 Å². The van der Waals surface area contributed by atoms with E-state index in [-0.39, 0.29) is 14.9 Å². The molecule has 21 heavy (non-hydrogen) atoms. The van der Waals surface area contributed by atoms with Crippen LogP contribution in [-0.4, -0.2) is 25.4 Å². The Labute approximate surface area is 133 Å². The van der Waals surface area contributed by atoms with Gasteiger partial charge in [0.15, 0.2) is 0 Å². The molecule has 0 aliphatic rings. The van der Waals surface area contributed by atoms with E-state index >= 15 is 0 Å². The minimum atomic E-state index is -3.73. The van der Waals surface area contributed by atoms with Gasteiger partial charge in [-0.05, 0) is 30.3 Å². The summed E-state index contributed by atoms with van der Waals surface area (Å²) in [6, 6.07) is 7.55. The van der Waals surface area contributed by atoms with Crippen LogP contribution in [0.3, 0.4) is 0 Å². The van der Waals surface area contributed by atoms with Crippen LogP contribution in [0.2, 0.25) is 5.02 Å². The summed E-state index contributed by atoms with van der Waals surface area (Å²) in [4.78, 5) is 4.07. The van der Waals surface area contributed by atoms with Gasteiger partial charge in [-0.1, -0.05) is 23.8 Å². The molecule has 1 aromatic carbocycles. The lowest BCUT2D eigenvalue weighted by Gasteiger charge is -2.19. The van der Waals surface area contributed by atoms with Gasteiger partial charge in [-0.2, -0.15) is 0 Å². The molecule has 0 radical (unpaired) electrons. The van der Waals surface area contributed by atoms with Crippen LogP contribution in [0.15, 0.2) is 47.6 Å². The Morgan fingerprint density at radius 1 is 1.38 bits per heavy atom. The van der Waals surface area contributed by atoms with E-state index in [1.165, 1.54) is 31.4 Å². The van der Waals surface area contributed by atoms with Crippen LogP contribution in [0.25, 0.3) is 0 Å². The average Bonchev–Trinajstić information content (AvgIpc) is 2.46. The Bertz CT molecular complexity index is 779. The second-order valence-corrected chi connectivity index (χ2v) is 7.01. The van der Waals surface area contributed by atoms with Gasteiger partial charge in [0.1, 0.15) is 4.99 Å². The predicted octanol–water partition coefficient (Wildman–Crippen LogP) is 2.19. The highest BCUT2D eigenvalue weighted by Crippen LogP contribution is 2.25. The summed E-state index contributed by atoms with van der Waals surface area (Å²) in [7, 11) is -2.29. The number of thiocarbonyl (C=S) groups is 1. The van der Waals surface area contributed by atoms with Gasteiger partial charge in [0.05, 0.1) is 21.8 Å². The number of nitrogens with zero attached hydrogens (tertiary/aromatic N) is 2. The summed E-state index contributed by atoms with van der Waals surface area (Å²) in [5.41, 5.74) is 6.39. The van der Waals surface area contributed by atoms with Crippen LogP contribution in [0, 0.1) is 0 Å². The van der Waals surface area contributed by atoms with E-state index in [0.717, 1.165) is 4.31 Å². The minimum absolute atomic E-state index is 0.0545. The Hall–Kier alpha value is -1.70. The van der Waals surface area contributed by atoms with E-state index in [2.05, 4.69) is 4.98 Å². The zero-order valence-electron chi connectivity index (χ0n) is 11.0. The van der Waals surface area contributed by atoms with Crippen molar-refractivity contribution in [2.24, 2.45) is 5.73 Å². The van der Waals surface area contributed by atoms with E-state index in [0.29, 0.717) is 11.3 Å². The molecule has 2 rings (SSSR count). The van der Waals surface area contributed by atoms with Crippen molar-refractivity contribution < 1.29 is 8.42 Å². The maximum Gasteiger partial charge on any atom is 0.264 e. The Morgan fingerprint density at radius 2 is 2.10 bits per heavy atom. The molecule has 0 fully saturated rings. The van der Waals surface area contributed by atoms with E-state index in [1.54, 1.807) is 18.3 Å². The first-order chi connectivity index (χ1) is 9.84. The van der Waals surface area contributed by atoms with Crippen LogP contribution >= 0.6 is 23.8 Å². The minimum Gasteiger partial charge on any atom is -0.389 e. The molecule has 1 aromatic heterocycles. The highest BCUT2D eigenvalue weighted by Gasteiger charge is 2.22. The fourth-order valence-electron chi connectivity index (χ4n) is 1.69. The zero-order valence-corrected chi connectivity index (χ0v) is 13.4. The maximum absolute atomic E-state index is 12.5. The van der Waals surface area contributed by atoms with Gasteiger partial charge in [-0.15, -0.1) is 0 Å². The number of aromatic nitrogens is 1. The number of benzene rings is 1. The van der Waals surface area contributed by atoms with Crippen LogP contribution in [-0.2, 0) is 10.0 Å². The number of anilines is 1. The number of sulfonamides is 1. The van der Waals surface area contributed by atoms with Crippen molar-refractivity contribution in [2.75, 3.05) is 11.4 Å². The van der Waals surface area contributed by atoms with Crippen molar-refractivity contribution in [3.63, 3.8) is 0 Å². The van der Waals surface area contributed by atoms with Gasteiger partial charge < -0.3 is 5.73 Å². The van der Waals surface area contributed by atoms with Crippen molar-refractivity contribution in [2.45, 2.75) is 4.90 Å². The normalized spacial score (nSPS) is 11.1. The van der Waals surface area contributed by atoms with Crippen molar-refractivity contribution >= 4 is 44.5 Å². The van der Waals surface area contributed by atoms with Gasteiger partial charge in [0, 0.05) is 18.8 Å². The Morgan fingerprint density at radius 3 is 2.62 bits per heavy atom. The molecule has 0 unspecified atom stereocenters. The second kappa shape index (κ2) is 5.97. The van der Waals surface area contributed by atoms with Gasteiger partial charge in [-0.3, -0.25) is 9.29 Å². The largest absolute Gasteiger partial charge is 0.389 e. The van der Waals surface area contributed by atoms with Crippen LogP contribution < -0.4 is 10.0 Å². The molecule has 2 aromatic rings. The molecule has 5 nitrogen and oxygen atoms in total. The molecular formula is C13H12ClN3O2S2. The summed E-state index contributed by atoms with van der Waals surface area (Å²) in [5, 5.41) is 0.197. The fraction of sp³-hybridized carbons (Fsp3) is 0.0769. The van der Waals surface area contributed by atoms with Crippen molar-refractivity contribution in [1.29, 1.82) is 0 Å². The fourth-order valence-corrected chi connectivity index (χ4v) is 3.48. The number of pyridine rings is 1. The lowest BCUT2D eigenvalue weighted by atomic mass is 10.2. The lowest BCUT2D eigenvalue weighted by Crippen LogP contribution is -2.26. The molecule has 0 aliphatic carbocycles. The zero-order chi connectivity index (χ0) is 15.6. The van der Waals surface area contributed by atoms with Crippen molar-refractivity contribution in [3.05, 3.63) is 53.3 Å². The molecule has 0 saturated carbocycles. The Kier molecular flexibility index (Phi) is 4.46. The summed E-state index contributed by atoms with van der Waals surface area (Å²) < 4.78 is 26.2. The number of rotatable bonds is 4. The maximum atomic E-state index is 12.5. The van der Waals surface area contributed by atoms with E-state index in [4.69, 9.17) is 29.6 Å². The van der Waals surface area contributed by atoms with Gasteiger partial charge in [0.25, 0.3) is 10.0 Å². The third kappa shape index (κ3) is 3.15. The highest BCUT2D eigenvalue weighted by molar-refractivity contribution is 7.92. The summed E-state index contributed by atoms with van der Waals surface area (Å²) in [5.74, 6) is 0. The third-order valence-electron chi connectivity index (χ3n) is 2.87. The standard InChI is InChI=1S/C13H12ClN3O2S2/c1-17(9-3-2-6-16-8-9)21(18,19)10-4-5-11(13(15)20)12(14)7-10/h2-8H,1H3,(H2,15,20). The molecule has 110 valence electrons. The van der Waals surface area contributed by atoms with Crippen molar-refractivity contribution in [3.8, 4) is 0 Å². The first-order valence-corrected chi connectivity index (χ1v) is 8.05. The SMILES string of the molecule is CN(c1cccnc1)S(=O)(=O)c1ccc(C(N)=S)c(Cl)c1. The molecule has 2 N–H and O–H groups in total. The number of hydrogen-bond acceptors (Lipinski definition) is 4. The summed E-state index contributed by atoms with van der Waals surface area (Å²) in [6.07, 6.45) is 3.03. The number of nitrogens with two attached hydrogens (primary N) is 1. The molecule has 0 spiro atoms. The van der Waals surface area contributed by atoms with Crippen molar-refractivity contribution in [1.82, 2.24) is 4.98 Å². The molecule has 0 atom stereocenters. The van der Waals surface area contributed by atoms with Crippen LogP contribution in [0.1, 0.15) is 5.56 Å². The quantitative estimate of drug-likeness (QED) is 0.863. The highest BCUT2D eigenvalue weighted by atomic mass is 35.5. The second-order valence-electron chi connectivity index (χ2n) is 4.19. The molecule has 1 heterocycles. The smallest absolute Gasteiger partial charge is 0.264 e. The first kappa shape index (κ1) is 15.7. The number of halogens is 1. The topological polar surface area (TPSA) is 76.3 Å². The average molecular weight is 342 g/mol. The summed E-state index contributed by atoms with van der Waals surface area (Å²) in [6.45, 7) is 0. The predicted molar refractivity (Wildman–Crippen MR) is 87.2 cm³/mol. The van der Waals surface area contributed by atoms with Crippen LogP contribution in [0.5, 0.6) is 0 Å². The summed E-state index contributed by atoms with van der Waals surface area (Å²) >= 11 is 10.9. The van der Waals surface area contributed by atoms with Gasteiger partial charge in [-0.25, -0.2) is 8.42 Å². The molecule has 0 bridgehead atoms. The van der Waals surface area contributed by atoms with E-state index in [1.807, 2.05) is 0 Å². The van der Waals surface area contributed by atoms with Gasteiger partial charge >= 0.3 is 0 Å². The molecule has 0 aliphatic heterocycles. The molecular weight excluding hydrogens is 330 g/mol. The molecule has 8 heteroatoms. The lowest BCUT2D eigenvalue weighted by molar-refractivity contribution is 0.594. The number of hydrogen-bond donors (Lipinski definition) is 1. The van der Waals surface area contributed by atoms with E-state index in [9.17, 15) is 8.42 Å². The van der Waals surface area contributed by atoms with E-state index < -0.39 is 10.0 Å².